The minimum Gasteiger partial charge on any atom is -0.480 e. The third-order valence-corrected chi connectivity index (χ3v) is 1.15. The molecule has 0 saturated heterocycles. The molecule has 1 aromatic rings. The zero-order valence-corrected chi connectivity index (χ0v) is 5.90. The maximum atomic E-state index is 8.54. The highest BCUT2D eigenvalue weighted by molar-refractivity contribution is 5.52. The van der Waals surface area contributed by atoms with Gasteiger partial charge in [0.05, 0.1) is 7.11 Å². The van der Waals surface area contributed by atoms with Crippen molar-refractivity contribution in [1.82, 2.24) is 9.97 Å². The lowest BCUT2D eigenvalue weighted by Crippen LogP contribution is -1.99. The van der Waals surface area contributed by atoms with Crippen LogP contribution in [0, 0.1) is 11.3 Å². The van der Waals surface area contributed by atoms with Gasteiger partial charge in [-0.15, -0.1) is 0 Å². The molecule has 0 fully saturated rings. The summed E-state index contributed by atoms with van der Waals surface area (Å²) in [6.45, 7) is 0. The van der Waals surface area contributed by atoms with Crippen LogP contribution >= 0.6 is 0 Å². The molecule has 0 bridgehead atoms. The van der Waals surface area contributed by atoms with Gasteiger partial charge in [0.25, 0.3) is 0 Å². The van der Waals surface area contributed by atoms with E-state index in [0.717, 1.165) is 0 Å². The van der Waals surface area contributed by atoms with Gasteiger partial charge in [-0.2, -0.15) is 5.26 Å². The van der Waals surface area contributed by atoms with Gasteiger partial charge in [0.2, 0.25) is 5.88 Å². The molecule has 5 nitrogen and oxygen atoms in total. The van der Waals surface area contributed by atoms with Gasteiger partial charge in [-0.1, -0.05) is 0 Å². The van der Waals surface area contributed by atoms with Gasteiger partial charge in [0.1, 0.15) is 18.2 Å². The number of aromatic nitrogens is 2. The van der Waals surface area contributed by atoms with Crippen LogP contribution in [-0.4, -0.2) is 17.1 Å². The summed E-state index contributed by atoms with van der Waals surface area (Å²) in [4.78, 5) is 7.32. The molecule has 0 aliphatic heterocycles. The molecule has 0 unspecified atom stereocenters. The molecule has 0 atom stereocenters. The highest BCUT2D eigenvalue weighted by Gasteiger charge is 2.07. The second-order valence-corrected chi connectivity index (χ2v) is 1.75. The predicted octanol–water partition coefficient (Wildman–Crippen LogP) is -0.0609. The van der Waals surface area contributed by atoms with Crippen LogP contribution in [0.1, 0.15) is 5.56 Å². The second kappa shape index (κ2) is 2.84. The van der Waals surface area contributed by atoms with E-state index in [1.807, 2.05) is 6.07 Å². The summed E-state index contributed by atoms with van der Waals surface area (Å²) in [5.74, 6) is 0.347. The van der Waals surface area contributed by atoms with Gasteiger partial charge < -0.3 is 10.5 Å². The van der Waals surface area contributed by atoms with Crippen LogP contribution in [0.5, 0.6) is 5.88 Å². The molecule has 1 aromatic heterocycles. The molecule has 0 radical (unpaired) electrons. The summed E-state index contributed by atoms with van der Waals surface area (Å²) in [7, 11) is 1.42. The van der Waals surface area contributed by atoms with Crippen molar-refractivity contribution in [2.45, 2.75) is 0 Å². The maximum absolute atomic E-state index is 8.54. The highest BCUT2D eigenvalue weighted by Crippen LogP contribution is 2.16. The SMILES string of the molecule is COc1ncnc(N)c1C#N. The van der Waals surface area contributed by atoms with Crippen molar-refractivity contribution >= 4 is 5.82 Å². The van der Waals surface area contributed by atoms with Crippen molar-refractivity contribution in [3.05, 3.63) is 11.9 Å². The zero-order chi connectivity index (χ0) is 8.27. The van der Waals surface area contributed by atoms with E-state index in [4.69, 9.17) is 15.7 Å². The van der Waals surface area contributed by atoms with Crippen LogP contribution in [0.3, 0.4) is 0 Å². The monoisotopic (exact) mass is 150 g/mol. The smallest absolute Gasteiger partial charge is 0.236 e. The fourth-order valence-corrected chi connectivity index (χ4v) is 0.642. The van der Waals surface area contributed by atoms with Crippen molar-refractivity contribution in [3.8, 4) is 11.9 Å². The Morgan fingerprint density at radius 3 is 2.82 bits per heavy atom. The van der Waals surface area contributed by atoms with Gasteiger partial charge in [-0.3, -0.25) is 0 Å². The maximum Gasteiger partial charge on any atom is 0.236 e. The van der Waals surface area contributed by atoms with Crippen molar-refractivity contribution in [2.24, 2.45) is 0 Å². The third-order valence-electron chi connectivity index (χ3n) is 1.15. The Hall–Kier alpha value is -1.83. The molecule has 0 saturated carbocycles. The Labute approximate surface area is 63.4 Å². The van der Waals surface area contributed by atoms with Crippen molar-refractivity contribution < 1.29 is 4.74 Å². The fraction of sp³-hybridized carbons (Fsp3) is 0.167. The molecule has 2 N–H and O–H groups in total. The number of hydrogen-bond acceptors (Lipinski definition) is 5. The molecule has 0 aliphatic rings. The minimum absolute atomic E-state index is 0.138. The molecule has 56 valence electrons. The second-order valence-electron chi connectivity index (χ2n) is 1.75. The van der Waals surface area contributed by atoms with Crippen LogP contribution in [0.2, 0.25) is 0 Å². The molecule has 0 aliphatic carbocycles. The number of nitrogens with zero attached hydrogens (tertiary/aromatic N) is 3. The van der Waals surface area contributed by atoms with Crippen LogP contribution in [-0.2, 0) is 0 Å². The molecular formula is C6H6N4O. The molecule has 1 heterocycles. The Morgan fingerprint density at radius 1 is 1.64 bits per heavy atom. The van der Waals surface area contributed by atoms with Crippen molar-refractivity contribution in [3.63, 3.8) is 0 Å². The zero-order valence-electron chi connectivity index (χ0n) is 5.90. The first-order valence-electron chi connectivity index (χ1n) is 2.84. The molecule has 0 amide bonds. The Morgan fingerprint density at radius 2 is 2.36 bits per heavy atom. The summed E-state index contributed by atoms with van der Waals surface area (Å²) >= 11 is 0. The number of nitrogen functional groups attached to an aromatic ring is 1. The van der Waals surface area contributed by atoms with E-state index >= 15 is 0 Å². The van der Waals surface area contributed by atoms with E-state index in [0.29, 0.717) is 0 Å². The lowest BCUT2D eigenvalue weighted by molar-refractivity contribution is 0.396. The first kappa shape index (κ1) is 7.28. The molecule has 5 heteroatoms. The molecule has 11 heavy (non-hydrogen) atoms. The Bertz CT molecular complexity index is 304. The van der Waals surface area contributed by atoms with Crippen LogP contribution in [0.4, 0.5) is 5.82 Å². The molecule has 0 spiro atoms. The topological polar surface area (TPSA) is 84.8 Å². The highest BCUT2D eigenvalue weighted by atomic mass is 16.5. The fourth-order valence-electron chi connectivity index (χ4n) is 0.642. The summed E-state index contributed by atoms with van der Waals surface area (Å²) in [5, 5.41) is 8.54. The molecule has 0 aromatic carbocycles. The number of methoxy groups -OCH3 is 1. The van der Waals surface area contributed by atoms with Crippen molar-refractivity contribution in [2.75, 3.05) is 12.8 Å². The number of nitrogens with two attached hydrogens (primary N) is 1. The van der Waals surface area contributed by atoms with Gasteiger partial charge in [0.15, 0.2) is 5.56 Å². The number of ether oxygens (including phenoxy) is 1. The predicted molar refractivity (Wildman–Crippen MR) is 37.7 cm³/mol. The lowest BCUT2D eigenvalue weighted by Gasteiger charge is -2.00. The average molecular weight is 150 g/mol. The first-order chi connectivity index (χ1) is 5.29. The summed E-state index contributed by atoms with van der Waals surface area (Å²) in [5.41, 5.74) is 5.53. The molecule has 1 rings (SSSR count). The van der Waals surface area contributed by atoms with Gasteiger partial charge in [0, 0.05) is 0 Å². The van der Waals surface area contributed by atoms with Crippen LogP contribution in [0.25, 0.3) is 0 Å². The van der Waals surface area contributed by atoms with Crippen molar-refractivity contribution in [1.29, 1.82) is 5.26 Å². The third kappa shape index (κ3) is 1.19. The van der Waals surface area contributed by atoms with Gasteiger partial charge >= 0.3 is 0 Å². The Kier molecular flexibility index (Phi) is 1.88. The standard InChI is InChI=1S/C6H6N4O/c1-11-6-4(2-7)5(8)9-3-10-6/h3H,1H3,(H2,8,9,10). The number of nitriles is 1. The van der Waals surface area contributed by atoms with Gasteiger partial charge in [-0.25, -0.2) is 9.97 Å². The molecular weight excluding hydrogens is 144 g/mol. The first-order valence-corrected chi connectivity index (χ1v) is 2.84. The lowest BCUT2D eigenvalue weighted by atomic mass is 10.3. The number of rotatable bonds is 1. The normalized spacial score (nSPS) is 8.73. The van der Waals surface area contributed by atoms with E-state index in [1.165, 1.54) is 13.4 Å². The van der Waals surface area contributed by atoms with Crippen LogP contribution in [0.15, 0.2) is 6.33 Å². The summed E-state index contributed by atoms with van der Waals surface area (Å²) in [6, 6.07) is 1.84. The quantitative estimate of drug-likeness (QED) is 0.606. The average Bonchev–Trinajstić information content (AvgIpc) is 2.04. The number of hydrogen-bond donors (Lipinski definition) is 1. The Balaban J connectivity index is 3.27. The largest absolute Gasteiger partial charge is 0.480 e. The van der Waals surface area contributed by atoms with E-state index in [-0.39, 0.29) is 17.3 Å². The van der Waals surface area contributed by atoms with E-state index in [9.17, 15) is 0 Å². The summed E-state index contributed by atoms with van der Waals surface area (Å²) in [6.07, 6.45) is 1.25. The van der Waals surface area contributed by atoms with E-state index in [2.05, 4.69) is 9.97 Å². The van der Waals surface area contributed by atoms with E-state index in [1.54, 1.807) is 0 Å². The minimum atomic E-state index is 0.138. The summed E-state index contributed by atoms with van der Waals surface area (Å²) < 4.78 is 4.76. The van der Waals surface area contributed by atoms with E-state index < -0.39 is 0 Å². The van der Waals surface area contributed by atoms with Crippen LogP contribution < -0.4 is 10.5 Å². The van der Waals surface area contributed by atoms with Gasteiger partial charge in [-0.05, 0) is 0 Å². The number of anilines is 1.